The Hall–Kier alpha value is -2.19. The van der Waals surface area contributed by atoms with Crippen molar-refractivity contribution in [2.45, 2.75) is 25.0 Å². The van der Waals surface area contributed by atoms with E-state index in [1.807, 2.05) is 0 Å². The minimum absolute atomic E-state index is 0.0500. The third-order valence-corrected chi connectivity index (χ3v) is 4.06. The highest BCUT2D eigenvalue weighted by Gasteiger charge is 2.30. The van der Waals surface area contributed by atoms with Crippen molar-refractivity contribution in [3.05, 3.63) is 23.9 Å². The van der Waals surface area contributed by atoms with Gasteiger partial charge in [0.1, 0.15) is 6.10 Å². The lowest BCUT2D eigenvalue weighted by atomic mass is 10.1. The molecule has 1 N–H and O–H groups in total. The molecule has 0 aromatic carbocycles. The fraction of sp³-hybridized carbons (Fsp3) is 0.562. The number of amides is 1. The van der Waals surface area contributed by atoms with Gasteiger partial charge in [-0.3, -0.25) is 9.59 Å². The molecule has 0 aliphatic carbocycles. The number of carbonyl (C=O) groups is 2. The molecule has 0 spiro atoms. The van der Waals surface area contributed by atoms with Gasteiger partial charge in [-0.25, -0.2) is 4.98 Å². The van der Waals surface area contributed by atoms with Crippen molar-refractivity contribution >= 4 is 11.9 Å². The minimum Gasteiger partial charge on any atom is -0.481 e. The van der Waals surface area contributed by atoms with Gasteiger partial charge in [-0.2, -0.15) is 0 Å². The van der Waals surface area contributed by atoms with E-state index >= 15 is 0 Å². The summed E-state index contributed by atoms with van der Waals surface area (Å²) in [7, 11) is 0. The molecule has 0 radical (unpaired) electrons. The molecule has 2 aliphatic rings. The highest BCUT2D eigenvalue weighted by Crippen LogP contribution is 2.19. The van der Waals surface area contributed by atoms with Gasteiger partial charge in [-0.1, -0.05) is 0 Å². The maximum Gasteiger partial charge on any atom is 0.305 e. The fourth-order valence-corrected chi connectivity index (χ4v) is 2.84. The number of pyridine rings is 1. The number of hydrogen-bond donors (Lipinski definition) is 1. The predicted molar refractivity (Wildman–Crippen MR) is 82.0 cm³/mol. The van der Waals surface area contributed by atoms with E-state index in [9.17, 15) is 9.59 Å². The molecule has 2 saturated heterocycles. The molecular formula is C16H20N2O6. The Balaban J connectivity index is 1.71. The summed E-state index contributed by atoms with van der Waals surface area (Å²) in [6, 6.07) is 2.73. The van der Waals surface area contributed by atoms with E-state index in [-0.39, 0.29) is 25.0 Å². The first-order valence-corrected chi connectivity index (χ1v) is 7.94. The van der Waals surface area contributed by atoms with Crippen LogP contribution in [-0.4, -0.2) is 72.0 Å². The summed E-state index contributed by atoms with van der Waals surface area (Å²) in [5.74, 6) is -0.817. The molecule has 3 heterocycles. The van der Waals surface area contributed by atoms with Crippen LogP contribution >= 0.6 is 0 Å². The molecule has 0 saturated carbocycles. The summed E-state index contributed by atoms with van der Waals surface area (Å²) < 4.78 is 16.3. The molecule has 2 unspecified atom stereocenters. The summed E-state index contributed by atoms with van der Waals surface area (Å²) in [4.78, 5) is 29.4. The van der Waals surface area contributed by atoms with Gasteiger partial charge in [0.05, 0.1) is 38.9 Å². The zero-order valence-corrected chi connectivity index (χ0v) is 13.2. The number of carboxylic acid groups (broad SMARTS) is 1. The van der Waals surface area contributed by atoms with Gasteiger partial charge in [0, 0.05) is 30.8 Å². The maximum absolute atomic E-state index is 12.8. The molecule has 1 amide bonds. The summed E-state index contributed by atoms with van der Waals surface area (Å²) in [5.41, 5.74) is 0.427. The van der Waals surface area contributed by atoms with Crippen LogP contribution in [0.3, 0.4) is 0 Å². The number of carboxylic acids is 1. The molecule has 2 aliphatic heterocycles. The number of rotatable bonds is 5. The molecule has 8 nitrogen and oxygen atoms in total. The second kappa shape index (κ2) is 7.59. The lowest BCUT2D eigenvalue weighted by Gasteiger charge is -2.34. The van der Waals surface area contributed by atoms with E-state index in [4.69, 9.17) is 19.3 Å². The van der Waals surface area contributed by atoms with Gasteiger partial charge in [0.2, 0.25) is 5.88 Å². The van der Waals surface area contributed by atoms with E-state index in [0.29, 0.717) is 37.8 Å². The van der Waals surface area contributed by atoms with Gasteiger partial charge in [0.25, 0.3) is 5.91 Å². The molecule has 2 fully saturated rings. The van der Waals surface area contributed by atoms with Crippen LogP contribution in [0, 0.1) is 0 Å². The normalized spacial score (nSPS) is 23.9. The van der Waals surface area contributed by atoms with Crippen molar-refractivity contribution in [1.82, 2.24) is 9.88 Å². The topological polar surface area (TPSA) is 98.2 Å². The monoisotopic (exact) mass is 336 g/mol. The smallest absolute Gasteiger partial charge is 0.305 e. The Kier molecular flexibility index (Phi) is 5.27. The van der Waals surface area contributed by atoms with E-state index < -0.39 is 12.0 Å². The number of aliphatic carboxylic acids is 1. The third-order valence-electron chi connectivity index (χ3n) is 4.06. The van der Waals surface area contributed by atoms with Gasteiger partial charge in [-0.15, -0.1) is 0 Å². The maximum atomic E-state index is 12.8. The first-order valence-electron chi connectivity index (χ1n) is 7.94. The van der Waals surface area contributed by atoms with Crippen molar-refractivity contribution in [3.63, 3.8) is 0 Å². The number of hydrogen-bond acceptors (Lipinski definition) is 6. The molecule has 0 bridgehead atoms. The van der Waals surface area contributed by atoms with Crippen LogP contribution in [0.4, 0.5) is 0 Å². The highest BCUT2D eigenvalue weighted by atomic mass is 16.5. The molecule has 3 rings (SSSR count). The Labute approximate surface area is 139 Å². The number of ether oxygens (including phenoxy) is 3. The van der Waals surface area contributed by atoms with E-state index in [2.05, 4.69) is 4.98 Å². The fourth-order valence-electron chi connectivity index (χ4n) is 2.84. The Morgan fingerprint density at radius 1 is 1.33 bits per heavy atom. The molecule has 1 aromatic rings. The molecule has 24 heavy (non-hydrogen) atoms. The molecular weight excluding hydrogens is 316 g/mol. The van der Waals surface area contributed by atoms with Gasteiger partial charge >= 0.3 is 5.97 Å². The van der Waals surface area contributed by atoms with Crippen LogP contribution < -0.4 is 4.74 Å². The first-order chi connectivity index (χ1) is 11.6. The summed E-state index contributed by atoms with van der Waals surface area (Å²) in [6.45, 7) is 2.17. The third kappa shape index (κ3) is 4.01. The lowest BCUT2D eigenvalue weighted by Crippen LogP contribution is -2.49. The molecule has 8 heteroatoms. The number of aromatic nitrogens is 1. The van der Waals surface area contributed by atoms with Crippen molar-refractivity contribution in [2.75, 3.05) is 33.0 Å². The summed E-state index contributed by atoms with van der Waals surface area (Å²) in [6.07, 6.45) is 2.13. The molecule has 130 valence electrons. The number of morpholine rings is 1. The zero-order valence-electron chi connectivity index (χ0n) is 13.2. The quantitative estimate of drug-likeness (QED) is 0.839. The van der Waals surface area contributed by atoms with Gasteiger partial charge in [-0.05, 0) is 6.07 Å². The van der Waals surface area contributed by atoms with Crippen LogP contribution in [0.5, 0.6) is 5.88 Å². The average Bonchev–Trinajstić information content (AvgIpc) is 3.07. The molecule has 2 atom stereocenters. The van der Waals surface area contributed by atoms with E-state index in [0.717, 1.165) is 6.42 Å². The Morgan fingerprint density at radius 2 is 2.17 bits per heavy atom. The summed E-state index contributed by atoms with van der Waals surface area (Å²) in [5, 5.41) is 9.00. The van der Waals surface area contributed by atoms with Crippen LogP contribution in [0.25, 0.3) is 0 Å². The van der Waals surface area contributed by atoms with Crippen LogP contribution in [0.2, 0.25) is 0 Å². The predicted octanol–water partition coefficient (Wildman–Crippen LogP) is 0.565. The number of carbonyl (C=O) groups excluding carboxylic acids is 1. The zero-order chi connectivity index (χ0) is 16.9. The van der Waals surface area contributed by atoms with Crippen LogP contribution in [0.1, 0.15) is 23.2 Å². The summed E-state index contributed by atoms with van der Waals surface area (Å²) >= 11 is 0. The van der Waals surface area contributed by atoms with Crippen molar-refractivity contribution in [2.24, 2.45) is 0 Å². The van der Waals surface area contributed by atoms with Crippen LogP contribution in [0.15, 0.2) is 18.3 Å². The minimum atomic E-state index is -0.955. The van der Waals surface area contributed by atoms with Crippen molar-refractivity contribution < 1.29 is 28.9 Å². The first kappa shape index (κ1) is 16.7. The lowest BCUT2D eigenvalue weighted by molar-refractivity contribution is -0.139. The largest absolute Gasteiger partial charge is 0.481 e. The van der Waals surface area contributed by atoms with Crippen LogP contribution in [-0.2, 0) is 14.3 Å². The second-order valence-corrected chi connectivity index (χ2v) is 5.81. The second-order valence-electron chi connectivity index (χ2n) is 5.81. The molecule has 1 aromatic heterocycles. The van der Waals surface area contributed by atoms with E-state index in [1.54, 1.807) is 17.0 Å². The average molecular weight is 336 g/mol. The number of nitrogens with zero attached hydrogens (tertiary/aromatic N) is 2. The van der Waals surface area contributed by atoms with E-state index in [1.165, 1.54) is 6.20 Å². The Bertz CT molecular complexity index is 602. The highest BCUT2D eigenvalue weighted by molar-refractivity contribution is 5.95. The SMILES string of the molecule is O=C(O)CC1COCCN1C(=O)c1ccnc(OC2CCOC2)c1. The van der Waals surface area contributed by atoms with Gasteiger partial charge < -0.3 is 24.2 Å². The van der Waals surface area contributed by atoms with Crippen molar-refractivity contribution in [3.8, 4) is 5.88 Å². The van der Waals surface area contributed by atoms with Gasteiger partial charge in [0.15, 0.2) is 0 Å². The Morgan fingerprint density at radius 3 is 2.92 bits per heavy atom. The standard InChI is InChI=1S/C16H20N2O6/c19-15(20)8-12-9-23-6-4-18(12)16(21)11-1-3-17-14(7-11)24-13-2-5-22-10-13/h1,3,7,12-13H,2,4-6,8-10H2,(H,19,20). The van der Waals surface area contributed by atoms with Crippen molar-refractivity contribution in [1.29, 1.82) is 0 Å².